The Hall–Kier alpha value is -2.57. The number of sulfone groups is 1. The lowest BCUT2D eigenvalue weighted by atomic mass is 9.95. The number of likely N-dealkylation sites (tertiary alicyclic amines) is 1. The van der Waals surface area contributed by atoms with Gasteiger partial charge in [-0.05, 0) is 53.1 Å². The summed E-state index contributed by atoms with van der Waals surface area (Å²) in [6.45, 7) is 1.98. The molecule has 4 heterocycles. The lowest BCUT2D eigenvalue weighted by molar-refractivity contribution is 0.321. The highest BCUT2D eigenvalue weighted by molar-refractivity contribution is 7.92. The van der Waals surface area contributed by atoms with E-state index < -0.39 is 9.84 Å². The minimum absolute atomic E-state index is 0.0236. The molecular formula is C21H19N3O2S. The highest BCUT2D eigenvalue weighted by atomic mass is 32.2. The van der Waals surface area contributed by atoms with Crippen molar-refractivity contribution in [2.45, 2.75) is 22.6 Å². The molecule has 1 saturated heterocycles. The van der Waals surface area contributed by atoms with Gasteiger partial charge in [0.05, 0.1) is 15.8 Å². The van der Waals surface area contributed by atoms with Gasteiger partial charge in [-0.2, -0.15) is 0 Å². The summed E-state index contributed by atoms with van der Waals surface area (Å²) in [4.78, 5) is 11.1. The summed E-state index contributed by atoms with van der Waals surface area (Å²) < 4.78 is 26.1. The van der Waals surface area contributed by atoms with Crippen molar-refractivity contribution >= 4 is 9.84 Å². The molecule has 2 aromatic heterocycles. The number of pyridine rings is 2. The first-order valence-electron chi connectivity index (χ1n) is 9.03. The average Bonchev–Trinajstić information content (AvgIpc) is 3.21. The van der Waals surface area contributed by atoms with Crippen LogP contribution in [0, 0.1) is 0 Å². The van der Waals surface area contributed by atoms with Crippen LogP contribution in [0.15, 0.2) is 72.0 Å². The van der Waals surface area contributed by atoms with Crippen LogP contribution >= 0.6 is 0 Å². The first kappa shape index (κ1) is 16.6. The van der Waals surface area contributed by atoms with Gasteiger partial charge >= 0.3 is 0 Å². The Morgan fingerprint density at radius 2 is 1.81 bits per heavy atom. The fraction of sp³-hybridized carbons (Fsp3) is 0.238. The molecule has 6 heteroatoms. The highest BCUT2D eigenvalue weighted by Gasteiger charge is 2.50. The fourth-order valence-corrected chi connectivity index (χ4v) is 6.49. The van der Waals surface area contributed by atoms with E-state index in [4.69, 9.17) is 0 Å². The van der Waals surface area contributed by atoms with Crippen molar-refractivity contribution in [3.8, 4) is 11.1 Å². The van der Waals surface area contributed by atoms with Gasteiger partial charge in [0.25, 0.3) is 0 Å². The molecule has 2 aliphatic rings. The SMILES string of the molecule is O=S1(=O)c2ccc(-c3ccncc3)cc2[C@@H]2CN(Cc3ccccn3)C[C@H]21. The van der Waals surface area contributed by atoms with Crippen LogP contribution in [0.2, 0.25) is 0 Å². The Labute approximate surface area is 158 Å². The van der Waals surface area contributed by atoms with E-state index in [1.165, 1.54) is 0 Å². The Morgan fingerprint density at radius 3 is 2.59 bits per heavy atom. The molecule has 0 bridgehead atoms. The summed E-state index contributed by atoms with van der Waals surface area (Å²) in [5, 5.41) is -0.357. The summed E-state index contributed by atoms with van der Waals surface area (Å²) in [7, 11) is -3.28. The molecule has 0 amide bonds. The molecule has 2 atom stereocenters. The largest absolute Gasteiger partial charge is 0.296 e. The van der Waals surface area contributed by atoms with E-state index in [9.17, 15) is 8.42 Å². The third-order valence-electron chi connectivity index (χ3n) is 5.58. The maximum Gasteiger partial charge on any atom is 0.183 e. The molecule has 136 valence electrons. The lowest BCUT2D eigenvalue weighted by Gasteiger charge is -2.17. The fourth-order valence-electron chi connectivity index (χ4n) is 4.30. The van der Waals surface area contributed by atoms with Crippen LogP contribution in [0.4, 0.5) is 0 Å². The molecule has 0 saturated carbocycles. The first-order valence-corrected chi connectivity index (χ1v) is 10.6. The molecule has 5 rings (SSSR count). The van der Waals surface area contributed by atoms with Crippen LogP contribution in [0.1, 0.15) is 17.2 Å². The Morgan fingerprint density at radius 1 is 0.963 bits per heavy atom. The first-order chi connectivity index (χ1) is 13.1. The highest BCUT2D eigenvalue weighted by Crippen LogP contribution is 2.46. The maximum atomic E-state index is 13.1. The zero-order valence-corrected chi connectivity index (χ0v) is 15.5. The van der Waals surface area contributed by atoms with E-state index >= 15 is 0 Å². The van der Waals surface area contributed by atoms with Crippen molar-refractivity contribution in [2.75, 3.05) is 13.1 Å². The molecule has 2 aliphatic heterocycles. The van der Waals surface area contributed by atoms with E-state index in [0.29, 0.717) is 18.0 Å². The van der Waals surface area contributed by atoms with Crippen LogP contribution in [-0.4, -0.2) is 41.6 Å². The molecule has 0 unspecified atom stereocenters. The number of nitrogens with zero attached hydrogens (tertiary/aromatic N) is 3. The van der Waals surface area contributed by atoms with Crippen molar-refractivity contribution in [3.63, 3.8) is 0 Å². The van der Waals surface area contributed by atoms with Crippen molar-refractivity contribution < 1.29 is 8.42 Å². The van der Waals surface area contributed by atoms with Crippen LogP contribution in [-0.2, 0) is 16.4 Å². The van der Waals surface area contributed by atoms with Crippen LogP contribution in [0.25, 0.3) is 11.1 Å². The summed E-state index contributed by atoms with van der Waals surface area (Å²) in [6.07, 6.45) is 5.29. The minimum atomic E-state index is -3.28. The number of aromatic nitrogens is 2. The number of hydrogen-bond donors (Lipinski definition) is 0. The summed E-state index contributed by atoms with van der Waals surface area (Å²) in [5.41, 5.74) is 4.02. The van der Waals surface area contributed by atoms with Gasteiger partial charge in [0.2, 0.25) is 0 Å². The molecule has 27 heavy (non-hydrogen) atoms. The van der Waals surface area contributed by atoms with E-state index in [1.807, 2.05) is 36.4 Å². The Bertz CT molecular complexity index is 1080. The zero-order valence-electron chi connectivity index (χ0n) is 14.7. The molecule has 0 aliphatic carbocycles. The van der Waals surface area contributed by atoms with Gasteiger partial charge in [-0.1, -0.05) is 12.1 Å². The Balaban J connectivity index is 1.49. The van der Waals surface area contributed by atoms with Gasteiger partial charge in [-0.15, -0.1) is 0 Å². The van der Waals surface area contributed by atoms with Crippen molar-refractivity contribution in [3.05, 3.63) is 78.4 Å². The van der Waals surface area contributed by atoms with Crippen LogP contribution < -0.4 is 0 Å². The zero-order chi connectivity index (χ0) is 18.4. The third kappa shape index (κ3) is 2.76. The van der Waals surface area contributed by atoms with E-state index in [-0.39, 0.29) is 11.2 Å². The average molecular weight is 377 g/mol. The van der Waals surface area contributed by atoms with Gasteiger partial charge in [0, 0.05) is 44.1 Å². The molecular weight excluding hydrogens is 358 g/mol. The molecule has 0 spiro atoms. The molecule has 3 aromatic rings. The molecule has 1 aromatic carbocycles. The second kappa shape index (κ2) is 6.25. The quantitative estimate of drug-likeness (QED) is 0.702. The smallest absolute Gasteiger partial charge is 0.183 e. The number of benzene rings is 1. The normalized spacial score (nSPS) is 23.1. The van der Waals surface area contributed by atoms with Gasteiger partial charge in [-0.25, -0.2) is 8.42 Å². The lowest BCUT2D eigenvalue weighted by Crippen LogP contribution is -2.26. The van der Waals surface area contributed by atoms with Crippen LogP contribution in [0.3, 0.4) is 0 Å². The molecule has 0 N–H and O–H groups in total. The van der Waals surface area contributed by atoms with Crippen molar-refractivity contribution in [2.24, 2.45) is 0 Å². The van der Waals surface area contributed by atoms with Gasteiger partial charge < -0.3 is 0 Å². The van der Waals surface area contributed by atoms with Crippen LogP contribution in [0.5, 0.6) is 0 Å². The molecule has 1 fully saturated rings. The summed E-state index contributed by atoms with van der Waals surface area (Å²) >= 11 is 0. The maximum absolute atomic E-state index is 13.1. The summed E-state index contributed by atoms with van der Waals surface area (Å²) in [5.74, 6) is 0.0236. The number of hydrogen-bond acceptors (Lipinski definition) is 5. The van der Waals surface area contributed by atoms with Crippen molar-refractivity contribution in [1.82, 2.24) is 14.9 Å². The molecule has 5 nitrogen and oxygen atoms in total. The number of fused-ring (bicyclic) bond motifs is 3. The molecule has 0 radical (unpaired) electrons. The third-order valence-corrected chi connectivity index (χ3v) is 7.84. The predicted molar refractivity (Wildman–Crippen MR) is 103 cm³/mol. The second-order valence-electron chi connectivity index (χ2n) is 7.19. The standard InChI is InChI=1S/C21H19N3O2S/c25-27(26)20-5-4-16(15-6-9-22-10-7-15)11-18(20)19-13-24(14-21(19)27)12-17-3-1-2-8-23-17/h1-11,19,21H,12-14H2/t19-,21+/m0/s1. The summed E-state index contributed by atoms with van der Waals surface area (Å²) in [6, 6.07) is 15.5. The van der Waals surface area contributed by atoms with Gasteiger partial charge in [0.1, 0.15) is 0 Å². The minimum Gasteiger partial charge on any atom is -0.296 e. The van der Waals surface area contributed by atoms with E-state index in [0.717, 1.165) is 28.9 Å². The topological polar surface area (TPSA) is 63.2 Å². The monoisotopic (exact) mass is 377 g/mol. The van der Waals surface area contributed by atoms with Gasteiger partial charge in [0.15, 0.2) is 9.84 Å². The van der Waals surface area contributed by atoms with E-state index in [2.05, 4.69) is 20.9 Å². The Kier molecular flexibility index (Phi) is 3.84. The predicted octanol–water partition coefficient (Wildman–Crippen LogP) is 2.90. The number of rotatable bonds is 3. The van der Waals surface area contributed by atoms with Gasteiger partial charge in [-0.3, -0.25) is 14.9 Å². The van der Waals surface area contributed by atoms with E-state index in [1.54, 1.807) is 24.7 Å². The van der Waals surface area contributed by atoms with Crippen molar-refractivity contribution in [1.29, 1.82) is 0 Å². The second-order valence-corrected chi connectivity index (χ2v) is 9.33.